The molecule has 1 aliphatic rings. The summed E-state index contributed by atoms with van der Waals surface area (Å²) in [5.74, 6) is -2.18. The number of aromatic nitrogens is 1. The van der Waals surface area contributed by atoms with E-state index < -0.39 is 70.5 Å². The molecular weight excluding hydrogens is 688 g/mol. The number of anilines is 2. The SMILES string of the molecule is COc1cc(S(C)(=O)=O)ccc1N(CC(=O)NNC(=O)c1cc2c(N[C@@H]3CCN(C)C[C@@H]3F)cccc2n1CC(F)(F)F)C(=O)OC(C)(C)C. The Bertz CT molecular complexity index is 1860. The third-order valence-corrected chi connectivity index (χ3v) is 8.81. The number of halogens is 4. The summed E-state index contributed by atoms with van der Waals surface area (Å²) >= 11 is 0. The zero-order chi connectivity index (χ0) is 37.2. The molecule has 1 saturated heterocycles. The number of amides is 3. The lowest BCUT2D eigenvalue weighted by Crippen LogP contribution is -2.49. The molecule has 0 unspecified atom stereocenters. The van der Waals surface area contributed by atoms with Gasteiger partial charge in [0, 0.05) is 36.5 Å². The number of carbonyl (C=O) groups excluding carboxylic acids is 3. The molecule has 18 heteroatoms. The largest absolute Gasteiger partial charge is 0.495 e. The second-order valence-electron chi connectivity index (χ2n) is 13.0. The van der Waals surface area contributed by atoms with E-state index in [9.17, 15) is 40.4 Å². The predicted octanol–water partition coefficient (Wildman–Crippen LogP) is 4.27. The number of nitrogens with zero attached hydrogens (tertiary/aromatic N) is 3. The molecule has 4 rings (SSSR count). The van der Waals surface area contributed by atoms with Gasteiger partial charge in [0.1, 0.15) is 36.3 Å². The number of methoxy groups -OCH3 is 1. The van der Waals surface area contributed by atoms with Crippen LogP contribution in [0, 0.1) is 0 Å². The first-order valence-corrected chi connectivity index (χ1v) is 17.3. The summed E-state index contributed by atoms with van der Waals surface area (Å²) < 4.78 is 91.6. The number of fused-ring (bicyclic) bond motifs is 1. The normalized spacial score (nSPS) is 17.2. The smallest absolute Gasteiger partial charge is 0.415 e. The van der Waals surface area contributed by atoms with Crippen LogP contribution in [-0.2, 0) is 25.9 Å². The van der Waals surface area contributed by atoms with Crippen molar-refractivity contribution in [3.63, 3.8) is 0 Å². The predicted molar refractivity (Wildman–Crippen MR) is 178 cm³/mol. The molecule has 1 aliphatic heterocycles. The second kappa shape index (κ2) is 14.7. The summed E-state index contributed by atoms with van der Waals surface area (Å²) in [5.41, 5.74) is 3.08. The number of rotatable bonds is 9. The van der Waals surface area contributed by atoms with Gasteiger partial charge in [0.25, 0.3) is 11.8 Å². The van der Waals surface area contributed by atoms with Crippen molar-refractivity contribution in [1.82, 2.24) is 20.3 Å². The van der Waals surface area contributed by atoms with E-state index in [1.54, 1.807) is 33.9 Å². The zero-order valence-corrected chi connectivity index (χ0v) is 29.2. The van der Waals surface area contributed by atoms with Gasteiger partial charge >= 0.3 is 12.3 Å². The molecule has 3 aromatic rings. The van der Waals surface area contributed by atoms with E-state index in [0.29, 0.717) is 18.7 Å². The van der Waals surface area contributed by atoms with Gasteiger partial charge < -0.3 is 24.3 Å². The molecule has 3 N–H and O–H groups in total. The Kier molecular flexibility index (Phi) is 11.3. The molecule has 274 valence electrons. The van der Waals surface area contributed by atoms with E-state index in [4.69, 9.17) is 9.47 Å². The Morgan fingerprint density at radius 1 is 1.06 bits per heavy atom. The van der Waals surface area contributed by atoms with Gasteiger partial charge in [0.2, 0.25) is 0 Å². The van der Waals surface area contributed by atoms with Crippen LogP contribution in [0.4, 0.5) is 33.7 Å². The maximum absolute atomic E-state index is 14.8. The summed E-state index contributed by atoms with van der Waals surface area (Å²) in [6.07, 6.45) is -5.56. The highest BCUT2D eigenvalue weighted by Crippen LogP contribution is 2.33. The molecule has 2 heterocycles. The third-order valence-electron chi connectivity index (χ3n) is 7.70. The number of sulfone groups is 1. The summed E-state index contributed by atoms with van der Waals surface area (Å²) in [7, 11) is -0.659. The third kappa shape index (κ3) is 9.56. The monoisotopic (exact) mass is 728 g/mol. The first-order valence-electron chi connectivity index (χ1n) is 15.4. The molecular formula is C32H40F4N6O7S. The molecule has 0 aliphatic carbocycles. The van der Waals surface area contributed by atoms with Crippen molar-refractivity contribution in [2.45, 2.75) is 62.6 Å². The van der Waals surface area contributed by atoms with Crippen molar-refractivity contribution in [1.29, 1.82) is 0 Å². The van der Waals surface area contributed by atoms with E-state index in [1.807, 2.05) is 4.90 Å². The fraction of sp³-hybridized carbons (Fsp3) is 0.469. The van der Waals surface area contributed by atoms with Crippen LogP contribution < -0.4 is 25.8 Å². The van der Waals surface area contributed by atoms with Gasteiger partial charge in [-0.15, -0.1) is 0 Å². The molecule has 0 spiro atoms. The number of benzene rings is 2. The van der Waals surface area contributed by atoms with Gasteiger partial charge in [0.05, 0.1) is 29.3 Å². The number of alkyl halides is 4. The molecule has 2 atom stereocenters. The average Bonchev–Trinajstić information content (AvgIpc) is 3.36. The van der Waals surface area contributed by atoms with Crippen molar-refractivity contribution in [3.05, 3.63) is 48.2 Å². The minimum absolute atomic E-state index is 0.0407. The van der Waals surface area contributed by atoms with Crippen molar-refractivity contribution in [2.75, 3.05) is 50.3 Å². The van der Waals surface area contributed by atoms with Crippen LogP contribution in [0.1, 0.15) is 37.7 Å². The van der Waals surface area contributed by atoms with Crippen molar-refractivity contribution in [3.8, 4) is 5.75 Å². The minimum atomic E-state index is -4.73. The van der Waals surface area contributed by atoms with E-state index in [2.05, 4.69) is 16.2 Å². The van der Waals surface area contributed by atoms with E-state index in [0.717, 1.165) is 21.8 Å². The molecule has 50 heavy (non-hydrogen) atoms. The highest BCUT2D eigenvalue weighted by atomic mass is 32.2. The highest BCUT2D eigenvalue weighted by Gasteiger charge is 2.33. The number of carbonyl (C=O) groups is 3. The molecule has 0 saturated carbocycles. The van der Waals surface area contributed by atoms with E-state index >= 15 is 0 Å². The molecule has 0 radical (unpaired) electrons. The van der Waals surface area contributed by atoms with Crippen molar-refractivity contribution < 1.29 is 49.8 Å². The Balaban J connectivity index is 1.60. The van der Waals surface area contributed by atoms with E-state index in [-0.39, 0.29) is 33.8 Å². The lowest BCUT2D eigenvalue weighted by molar-refractivity contribution is -0.140. The second-order valence-corrected chi connectivity index (χ2v) is 15.0. The standard InChI is InChI=1S/C32H40F4N6O7S/c1-31(2,3)49-30(45)41(25-11-10-19(50(6,46)47)14-27(25)48-5)17-28(43)38-39-29(44)26-15-20-22(37-23-12-13-40(4)16-21(23)33)8-7-9-24(20)42(26)18-32(34,35)36/h7-11,14-15,21,23,37H,12-13,16-18H2,1-6H3,(H,38,43)(H,39,44)/t21-,23+/m0/s1. The highest BCUT2D eigenvalue weighted by molar-refractivity contribution is 7.90. The van der Waals surface area contributed by atoms with Crippen LogP contribution in [0.25, 0.3) is 10.9 Å². The summed E-state index contributed by atoms with van der Waals surface area (Å²) in [6.45, 7) is 3.21. The first-order chi connectivity index (χ1) is 23.2. The Labute approximate surface area is 286 Å². The van der Waals surface area contributed by atoms with Crippen LogP contribution in [0.3, 0.4) is 0 Å². The van der Waals surface area contributed by atoms with Gasteiger partial charge in [-0.05, 0) is 64.6 Å². The van der Waals surface area contributed by atoms with Crippen molar-refractivity contribution in [2.24, 2.45) is 0 Å². The number of piperidine rings is 1. The molecule has 3 amide bonds. The van der Waals surface area contributed by atoms with Crippen LogP contribution in [0.15, 0.2) is 47.4 Å². The molecule has 1 fully saturated rings. The van der Waals surface area contributed by atoms with Gasteiger partial charge in [-0.25, -0.2) is 17.6 Å². The Hall–Kier alpha value is -4.58. The summed E-state index contributed by atoms with van der Waals surface area (Å²) in [4.78, 5) is 42.2. The van der Waals surface area contributed by atoms with Gasteiger partial charge in [-0.3, -0.25) is 25.3 Å². The zero-order valence-electron chi connectivity index (χ0n) is 28.4. The number of ether oxygens (including phenoxy) is 2. The Morgan fingerprint density at radius 2 is 1.76 bits per heavy atom. The number of hydrazine groups is 1. The van der Waals surface area contributed by atoms with Crippen LogP contribution in [0.2, 0.25) is 0 Å². The molecule has 0 bridgehead atoms. The van der Waals surface area contributed by atoms with E-state index in [1.165, 1.54) is 37.4 Å². The summed E-state index contributed by atoms with van der Waals surface area (Å²) in [6, 6.07) is 8.68. The van der Waals surface area contributed by atoms with Crippen LogP contribution in [-0.4, -0.2) is 99.8 Å². The Morgan fingerprint density at radius 3 is 2.36 bits per heavy atom. The van der Waals surface area contributed by atoms with Crippen molar-refractivity contribution >= 4 is 50.0 Å². The topological polar surface area (TPSA) is 151 Å². The fourth-order valence-corrected chi connectivity index (χ4v) is 6.05. The maximum Gasteiger partial charge on any atom is 0.415 e. The van der Waals surface area contributed by atoms with Gasteiger partial charge in [-0.2, -0.15) is 13.2 Å². The van der Waals surface area contributed by atoms with Crippen LogP contribution in [0.5, 0.6) is 5.75 Å². The summed E-state index contributed by atoms with van der Waals surface area (Å²) in [5, 5.41) is 3.32. The lowest BCUT2D eigenvalue weighted by atomic mass is 10.0. The quantitative estimate of drug-likeness (QED) is 0.217. The van der Waals surface area contributed by atoms with Gasteiger partial charge in [0.15, 0.2) is 9.84 Å². The number of nitrogens with one attached hydrogen (secondary N) is 3. The van der Waals surface area contributed by atoms with Gasteiger partial charge in [-0.1, -0.05) is 6.07 Å². The molecule has 2 aromatic carbocycles. The molecule has 13 nitrogen and oxygen atoms in total. The number of hydrogen-bond donors (Lipinski definition) is 3. The average molecular weight is 729 g/mol. The maximum atomic E-state index is 14.8. The number of hydrogen-bond acceptors (Lipinski definition) is 9. The first kappa shape index (κ1) is 38.2. The fourth-order valence-electron chi connectivity index (χ4n) is 5.42. The molecule has 1 aromatic heterocycles. The van der Waals surface area contributed by atoms with Crippen LogP contribution >= 0.6 is 0 Å². The number of likely N-dealkylation sites (tertiary alicyclic amines) is 1. The minimum Gasteiger partial charge on any atom is -0.495 e. The lowest BCUT2D eigenvalue weighted by Gasteiger charge is -2.33.